The largest absolute Gasteiger partial charge is 0.495 e. The lowest BCUT2D eigenvalue weighted by atomic mass is 10.1. The van der Waals surface area contributed by atoms with Crippen molar-refractivity contribution < 1.29 is 14.3 Å². The number of likely N-dealkylation sites (tertiary alicyclic amines) is 1. The van der Waals surface area contributed by atoms with Crippen molar-refractivity contribution in [3.8, 4) is 11.8 Å². The number of hydrogen-bond donors (Lipinski definition) is 2. The molecule has 0 unspecified atom stereocenters. The molecule has 39 heavy (non-hydrogen) atoms. The van der Waals surface area contributed by atoms with Gasteiger partial charge in [-0.05, 0) is 67.4 Å². The standard InChI is InChI=1S/C30H32N6O3/c1-39-28-7-3-2-6-27(28)35-18-16-34(17-19-35)26-13-12-24(20-25(26)29(37)36-14-4-5-15-36)33-30(38)32-23-10-8-22(21-31)9-11-23/h2-3,6-13,20H,4-5,14-19H2,1H3,(H2,32,33,38). The normalized spacial score (nSPS) is 15.0. The van der Waals surface area contributed by atoms with E-state index in [9.17, 15) is 9.59 Å². The van der Waals surface area contributed by atoms with Crippen LogP contribution in [0, 0.1) is 11.3 Å². The third kappa shape index (κ3) is 5.91. The molecule has 2 saturated heterocycles. The van der Waals surface area contributed by atoms with E-state index in [-0.39, 0.29) is 5.91 Å². The molecule has 0 bridgehead atoms. The molecular formula is C30H32N6O3. The fourth-order valence-electron chi connectivity index (χ4n) is 5.15. The molecule has 9 nitrogen and oxygen atoms in total. The molecule has 2 N–H and O–H groups in total. The maximum atomic E-state index is 13.6. The number of piperazine rings is 1. The monoisotopic (exact) mass is 524 g/mol. The lowest BCUT2D eigenvalue weighted by Crippen LogP contribution is -2.47. The van der Waals surface area contributed by atoms with Crippen LogP contribution in [0.4, 0.5) is 27.5 Å². The summed E-state index contributed by atoms with van der Waals surface area (Å²) in [5.74, 6) is 0.844. The van der Waals surface area contributed by atoms with Crippen LogP contribution >= 0.6 is 0 Å². The second-order valence-electron chi connectivity index (χ2n) is 9.65. The second kappa shape index (κ2) is 11.8. The minimum atomic E-state index is -0.419. The summed E-state index contributed by atoms with van der Waals surface area (Å²) in [7, 11) is 1.69. The topological polar surface area (TPSA) is 101 Å². The zero-order valence-corrected chi connectivity index (χ0v) is 22.0. The van der Waals surface area contributed by atoms with Gasteiger partial charge in [-0.3, -0.25) is 4.79 Å². The second-order valence-corrected chi connectivity index (χ2v) is 9.65. The van der Waals surface area contributed by atoms with Gasteiger partial charge in [0.25, 0.3) is 5.91 Å². The van der Waals surface area contributed by atoms with Crippen LogP contribution in [0.15, 0.2) is 66.7 Å². The van der Waals surface area contributed by atoms with Gasteiger partial charge in [-0.15, -0.1) is 0 Å². The van der Waals surface area contributed by atoms with Crippen LogP contribution in [0.25, 0.3) is 0 Å². The first-order valence-electron chi connectivity index (χ1n) is 13.2. The first-order chi connectivity index (χ1) is 19.1. The molecule has 0 aliphatic carbocycles. The van der Waals surface area contributed by atoms with Crippen molar-refractivity contribution in [2.45, 2.75) is 12.8 Å². The molecule has 3 aromatic rings. The average Bonchev–Trinajstić information content (AvgIpc) is 3.52. The van der Waals surface area contributed by atoms with Gasteiger partial charge in [0, 0.05) is 56.3 Å². The quantitative estimate of drug-likeness (QED) is 0.482. The van der Waals surface area contributed by atoms with Gasteiger partial charge in [0.05, 0.1) is 30.0 Å². The van der Waals surface area contributed by atoms with Gasteiger partial charge in [-0.2, -0.15) is 5.26 Å². The molecule has 3 amide bonds. The van der Waals surface area contributed by atoms with Crippen LogP contribution in [-0.2, 0) is 0 Å². The van der Waals surface area contributed by atoms with Crippen LogP contribution in [0.1, 0.15) is 28.8 Å². The van der Waals surface area contributed by atoms with E-state index in [2.05, 4.69) is 32.6 Å². The molecule has 2 fully saturated rings. The lowest BCUT2D eigenvalue weighted by molar-refractivity contribution is 0.0793. The average molecular weight is 525 g/mol. The lowest BCUT2D eigenvalue weighted by Gasteiger charge is -2.38. The summed E-state index contributed by atoms with van der Waals surface area (Å²) >= 11 is 0. The third-order valence-corrected chi connectivity index (χ3v) is 7.20. The number of carbonyl (C=O) groups excluding carboxylic acids is 2. The number of benzene rings is 3. The van der Waals surface area contributed by atoms with Gasteiger partial charge in [0.15, 0.2) is 0 Å². The molecule has 3 aromatic carbocycles. The van der Waals surface area contributed by atoms with Gasteiger partial charge < -0.3 is 30.1 Å². The van der Waals surface area contributed by atoms with Gasteiger partial charge in [-0.25, -0.2) is 4.79 Å². The van der Waals surface area contributed by atoms with Crippen molar-refractivity contribution >= 4 is 34.7 Å². The van der Waals surface area contributed by atoms with Crippen molar-refractivity contribution in [1.29, 1.82) is 5.26 Å². The van der Waals surface area contributed by atoms with Crippen molar-refractivity contribution in [1.82, 2.24) is 4.90 Å². The number of nitrogens with zero attached hydrogens (tertiary/aromatic N) is 4. The Balaban J connectivity index is 1.33. The molecule has 2 heterocycles. The number of hydrogen-bond acceptors (Lipinski definition) is 6. The number of urea groups is 1. The summed E-state index contributed by atoms with van der Waals surface area (Å²) in [5.41, 5.74) is 4.18. The molecule has 200 valence electrons. The van der Waals surface area contributed by atoms with Crippen LogP contribution in [0.5, 0.6) is 5.75 Å². The summed E-state index contributed by atoms with van der Waals surface area (Å²) < 4.78 is 5.55. The number of amides is 3. The van der Waals surface area contributed by atoms with E-state index in [4.69, 9.17) is 10.00 Å². The summed E-state index contributed by atoms with van der Waals surface area (Å²) in [6.07, 6.45) is 2.01. The van der Waals surface area contributed by atoms with Crippen LogP contribution in [0.2, 0.25) is 0 Å². The molecule has 5 rings (SSSR count). The smallest absolute Gasteiger partial charge is 0.323 e. The van der Waals surface area contributed by atoms with Crippen molar-refractivity contribution in [3.63, 3.8) is 0 Å². The van der Waals surface area contributed by atoms with Crippen molar-refractivity contribution in [2.75, 3.05) is 66.8 Å². The Bertz CT molecular complexity index is 1370. The van der Waals surface area contributed by atoms with Gasteiger partial charge in [0.1, 0.15) is 5.75 Å². The highest BCUT2D eigenvalue weighted by Crippen LogP contribution is 2.32. The molecule has 2 aliphatic heterocycles. The minimum Gasteiger partial charge on any atom is -0.495 e. The molecular weight excluding hydrogens is 492 g/mol. The van der Waals surface area contributed by atoms with Crippen LogP contribution < -0.4 is 25.2 Å². The van der Waals surface area contributed by atoms with Gasteiger partial charge in [-0.1, -0.05) is 12.1 Å². The SMILES string of the molecule is COc1ccccc1N1CCN(c2ccc(NC(=O)Nc3ccc(C#N)cc3)cc2C(=O)N2CCCC2)CC1. The fourth-order valence-corrected chi connectivity index (χ4v) is 5.15. The number of ether oxygens (including phenoxy) is 1. The number of para-hydroxylation sites is 2. The predicted octanol–water partition coefficient (Wildman–Crippen LogP) is 4.77. The molecule has 0 spiro atoms. The fraction of sp³-hybridized carbons (Fsp3) is 0.300. The van der Waals surface area contributed by atoms with E-state index in [0.717, 1.165) is 69.2 Å². The van der Waals surface area contributed by atoms with E-state index in [1.54, 1.807) is 37.4 Å². The highest BCUT2D eigenvalue weighted by molar-refractivity contribution is 6.04. The Kier molecular flexibility index (Phi) is 7.83. The number of rotatable bonds is 6. The summed E-state index contributed by atoms with van der Waals surface area (Å²) in [6.45, 7) is 4.59. The molecule has 2 aliphatic rings. The number of carbonyl (C=O) groups is 2. The molecule has 0 aromatic heterocycles. The Morgan fingerprint density at radius 3 is 2.08 bits per heavy atom. The predicted molar refractivity (Wildman–Crippen MR) is 153 cm³/mol. The molecule has 0 atom stereocenters. The van der Waals surface area contributed by atoms with Crippen molar-refractivity contribution in [2.24, 2.45) is 0 Å². The van der Waals surface area contributed by atoms with E-state index in [1.807, 2.05) is 35.2 Å². The van der Waals surface area contributed by atoms with Crippen molar-refractivity contribution in [3.05, 3.63) is 77.9 Å². The maximum absolute atomic E-state index is 13.6. The minimum absolute atomic E-state index is 0.00851. The third-order valence-electron chi connectivity index (χ3n) is 7.20. The number of methoxy groups -OCH3 is 1. The van der Waals surface area contributed by atoms with E-state index < -0.39 is 6.03 Å². The zero-order chi connectivity index (χ0) is 27.2. The van der Waals surface area contributed by atoms with Crippen LogP contribution in [-0.4, -0.2) is 63.2 Å². The number of nitriles is 1. The Hall–Kier alpha value is -4.71. The first kappa shape index (κ1) is 25.9. The van der Waals surface area contributed by atoms with E-state index in [1.165, 1.54) is 0 Å². The molecule has 0 saturated carbocycles. The van der Waals surface area contributed by atoms with Gasteiger partial charge in [0.2, 0.25) is 0 Å². The highest BCUT2D eigenvalue weighted by Gasteiger charge is 2.27. The zero-order valence-electron chi connectivity index (χ0n) is 22.0. The number of anilines is 4. The Morgan fingerprint density at radius 1 is 0.795 bits per heavy atom. The molecule has 0 radical (unpaired) electrons. The first-order valence-corrected chi connectivity index (χ1v) is 13.2. The van der Waals surface area contributed by atoms with Crippen LogP contribution in [0.3, 0.4) is 0 Å². The summed E-state index contributed by atoms with van der Waals surface area (Å²) in [6, 6.07) is 21.8. The summed E-state index contributed by atoms with van der Waals surface area (Å²) in [5, 5.41) is 14.6. The maximum Gasteiger partial charge on any atom is 0.323 e. The Labute approximate surface area is 228 Å². The van der Waals surface area contributed by atoms with E-state index >= 15 is 0 Å². The van der Waals surface area contributed by atoms with Gasteiger partial charge >= 0.3 is 6.03 Å². The number of nitrogens with one attached hydrogen (secondary N) is 2. The highest BCUT2D eigenvalue weighted by atomic mass is 16.5. The molecule has 9 heteroatoms. The summed E-state index contributed by atoms with van der Waals surface area (Å²) in [4.78, 5) is 32.7. The Morgan fingerprint density at radius 2 is 1.41 bits per heavy atom. The van der Waals surface area contributed by atoms with E-state index in [0.29, 0.717) is 22.5 Å².